The molecule has 0 unspecified atom stereocenters. The van der Waals surface area contributed by atoms with Crippen molar-refractivity contribution < 1.29 is 14.6 Å². The fraction of sp³-hybridized carbons (Fsp3) is 0.429. The predicted octanol–water partition coefficient (Wildman–Crippen LogP) is 2.32. The number of carbonyl (C=O) groups excluding carboxylic acids is 1. The molecule has 1 aliphatic rings. The number of aromatic hydroxyl groups is 1. The Morgan fingerprint density at radius 1 is 1.47 bits per heavy atom. The molecule has 19 heavy (non-hydrogen) atoms. The molecule has 0 bridgehead atoms. The summed E-state index contributed by atoms with van der Waals surface area (Å²) in [5, 5.41) is 9.88. The minimum absolute atomic E-state index is 0.144. The van der Waals surface area contributed by atoms with Crippen LogP contribution in [0.25, 0.3) is 11.0 Å². The highest BCUT2D eigenvalue weighted by Gasteiger charge is 2.23. The van der Waals surface area contributed by atoms with E-state index in [1.165, 1.54) is 5.56 Å². The van der Waals surface area contributed by atoms with E-state index in [9.17, 15) is 9.90 Å². The first-order valence-electron chi connectivity index (χ1n) is 6.61. The molecule has 3 rings (SSSR count). The molecular weight excluding hydrogens is 244 g/mol. The number of ether oxygens (including phenoxy) is 1. The van der Waals surface area contributed by atoms with Gasteiger partial charge in [0.2, 0.25) is 5.88 Å². The van der Waals surface area contributed by atoms with Gasteiger partial charge in [0.15, 0.2) is 0 Å². The van der Waals surface area contributed by atoms with E-state index in [4.69, 9.17) is 4.74 Å². The van der Waals surface area contributed by atoms with E-state index in [2.05, 4.69) is 9.97 Å². The van der Waals surface area contributed by atoms with E-state index in [0.29, 0.717) is 11.0 Å². The fourth-order valence-electron chi connectivity index (χ4n) is 2.62. The average Bonchev–Trinajstić information content (AvgIpc) is 2.71. The van der Waals surface area contributed by atoms with Crippen molar-refractivity contribution in [3.05, 3.63) is 22.9 Å². The number of hydrogen-bond acceptors (Lipinski definition) is 4. The number of rotatable bonds is 2. The van der Waals surface area contributed by atoms with Gasteiger partial charge in [-0.15, -0.1) is 0 Å². The predicted molar refractivity (Wildman–Crippen MR) is 70.4 cm³/mol. The number of nitrogens with one attached hydrogen (secondary N) is 1. The Balaban J connectivity index is 2.17. The summed E-state index contributed by atoms with van der Waals surface area (Å²) >= 11 is 0. The van der Waals surface area contributed by atoms with Gasteiger partial charge < -0.3 is 14.8 Å². The number of aromatic nitrogens is 2. The van der Waals surface area contributed by atoms with E-state index in [1.54, 1.807) is 6.92 Å². The van der Waals surface area contributed by atoms with E-state index in [-0.39, 0.29) is 18.1 Å². The molecule has 2 heterocycles. The third-order valence-corrected chi connectivity index (χ3v) is 3.51. The number of hydrogen-bond donors (Lipinski definition) is 2. The quantitative estimate of drug-likeness (QED) is 0.812. The Hall–Kier alpha value is -2.04. The minimum atomic E-state index is -0.533. The highest BCUT2D eigenvalue weighted by Crippen LogP contribution is 2.30. The standard InChI is InChI=1S/C14H16N2O3/c1-2-19-14(18)11-12-10(16-13(11)17)7-8-5-3-4-6-9(8)15-12/h7,16-17H,2-6H2,1H3. The van der Waals surface area contributed by atoms with E-state index in [1.807, 2.05) is 6.07 Å². The van der Waals surface area contributed by atoms with Gasteiger partial charge in [0.25, 0.3) is 0 Å². The molecule has 2 aromatic heterocycles. The highest BCUT2D eigenvalue weighted by molar-refractivity contribution is 6.05. The Morgan fingerprint density at radius 3 is 3.05 bits per heavy atom. The Morgan fingerprint density at radius 2 is 2.26 bits per heavy atom. The lowest BCUT2D eigenvalue weighted by Gasteiger charge is -2.14. The number of esters is 1. The van der Waals surface area contributed by atoms with Crippen LogP contribution < -0.4 is 0 Å². The molecule has 2 aromatic rings. The zero-order valence-electron chi connectivity index (χ0n) is 10.8. The summed E-state index contributed by atoms with van der Waals surface area (Å²) < 4.78 is 4.96. The van der Waals surface area contributed by atoms with Crippen LogP contribution in [0.5, 0.6) is 5.88 Å². The number of aromatic amines is 1. The first-order valence-corrected chi connectivity index (χ1v) is 6.61. The number of carbonyl (C=O) groups is 1. The first kappa shape index (κ1) is 12.0. The molecule has 0 saturated carbocycles. The van der Waals surface area contributed by atoms with Crippen molar-refractivity contribution in [3.63, 3.8) is 0 Å². The Kier molecular flexibility index (Phi) is 2.89. The van der Waals surface area contributed by atoms with Crippen molar-refractivity contribution in [2.45, 2.75) is 32.6 Å². The fourth-order valence-corrected chi connectivity index (χ4v) is 2.62. The van der Waals surface area contributed by atoms with Crippen molar-refractivity contribution in [2.75, 3.05) is 6.61 Å². The van der Waals surface area contributed by atoms with Crippen LogP contribution >= 0.6 is 0 Å². The highest BCUT2D eigenvalue weighted by atomic mass is 16.5. The molecule has 0 saturated heterocycles. The normalized spacial score (nSPS) is 14.4. The summed E-state index contributed by atoms with van der Waals surface area (Å²) in [6, 6.07) is 1.99. The van der Waals surface area contributed by atoms with Crippen molar-refractivity contribution in [2.24, 2.45) is 0 Å². The molecule has 0 amide bonds. The molecule has 0 spiro atoms. The molecule has 0 aliphatic heterocycles. The second kappa shape index (κ2) is 4.57. The molecule has 0 radical (unpaired) electrons. The van der Waals surface area contributed by atoms with Crippen LogP contribution in [0.3, 0.4) is 0 Å². The summed E-state index contributed by atoms with van der Waals surface area (Å²) in [5.41, 5.74) is 3.58. The van der Waals surface area contributed by atoms with Crippen LogP contribution in [0.4, 0.5) is 0 Å². The average molecular weight is 260 g/mol. The van der Waals surface area contributed by atoms with Gasteiger partial charge in [0, 0.05) is 5.69 Å². The molecule has 0 fully saturated rings. The molecule has 0 atom stereocenters. The van der Waals surface area contributed by atoms with Crippen molar-refractivity contribution in [1.29, 1.82) is 0 Å². The molecule has 5 heteroatoms. The van der Waals surface area contributed by atoms with Crippen LogP contribution in [-0.2, 0) is 17.6 Å². The van der Waals surface area contributed by atoms with Crippen molar-refractivity contribution in [1.82, 2.24) is 9.97 Å². The Labute approximate surface area is 110 Å². The number of pyridine rings is 1. The van der Waals surface area contributed by atoms with Gasteiger partial charge in [-0.2, -0.15) is 0 Å². The van der Waals surface area contributed by atoms with Gasteiger partial charge >= 0.3 is 5.97 Å². The smallest absolute Gasteiger partial charge is 0.345 e. The Bertz CT molecular complexity index is 646. The molecule has 5 nitrogen and oxygen atoms in total. The van der Waals surface area contributed by atoms with E-state index in [0.717, 1.165) is 31.4 Å². The van der Waals surface area contributed by atoms with E-state index < -0.39 is 5.97 Å². The summed E-state index contributed by atoms with van der Waals surface area (Å²) in [7, 11) is 0. The second-order valence-corrected chi connectivity index (χ2v) is 4.77. The van der Waals surface area contributed by atoms with Crippen LogP contribution in [0.2, 0.25) is 0 Å². The van der Waals surface area contributed by atoms with Crippen LogP contribution in [0, 0.1) is 0 Å². The zero-order valence-corrected chi connectivity index (χ0v) is 10.8. The molecule has 0 aromatic carbocycles. The van der Waals surface area contributed by atoms with Gasteiger partial charge in [-0.05, 0) is 44.2 Å². The van der Waals surface area contributed by atoms with Crippen LogP contribution in [0.15, 0.2) is 6.07 Å². The second-order valence-electron chi connectivity index (χ2n) is 4.77. The van der Waals surface area contributed by atoms with Crippen LogP contribution in [0.1, 0.15) is 41.4 Å². The minimum Gasteiger partial charge on any atom is -0.494 e. The van der Waals surface area contributed by atoms with Gasteiger partial charge in [0.05, 0.1) is 12.1 Å². The summed E-state index contributed by atoms with van der Waals surface area (Å²) in [6.45, 7) is 2.01. The number of fused-ring (bicyclic) bond motifs is 2. The van der Waals surface area contributed by atoms with Gasteiger partial charge in [0.1, 0.15) is 11.1 Å². The third-order valence-electron chi connectivity index (χ3n) is 3.51. The summed E-state index contributed by atoms with van der Waals surface area (Å²) in [6.07, 6.45) is 4.22. The first-order chi connectivity index (χ1) is 9.20. The maximum atomic E-state index is 11.9. The maximum absolute atomic E-state index is 11.9. The molecule has 1 aliphatic carbocycles. The molecule has 2 N–H and O–H groups in total. The lowest BCUT2D eigenvalue weighted by molar-refractivity contribution is 0.0525. The maximum Gasteiger partial charge on any atom is 0.345 e. The topological polar surface area (TPSA) is 75.2 Å². The third kappa shape index (κ3) is 1.95. The monoisotopic (exact) mass is 260 g/mol. The number of aryl methyl sites for hydroxylation is 2. The lowest BCUT2D eigenvalue weighted by atomic mass is 9.95. The van der Waals surface area contributed by atoms with Gasteiger partial charge in [-0.25, -0.2) is 9.78 Å². The van der Waals surface area contributed by atoms with Gasteiger partial charge in [-0.3, -0.25) is 0 Å². The summed E-state index contributed by atoms with van der Waals surface area (Å²) in [4.78, 5) is 19.2. The number of nitrogens with zero attached hydrogens (tertiary/aromatic N) is 1. The van der Waals surface area contributed by atoms with Crippen molar-refractivity contribution >= 4 is 17.0 Å². The summed E-state index contributed by atoms with van der Waals surface area (Å²) in [5.74, 6) is -0.696. The molecular formula is C14H16N2O3. The van der Waals surface area contributed by atoms with E-state index >= 15 is 0 Å². The van der Waals surface area contributed by atoms with Crippen LogP contribution in [-0.4, -0.2) is 27.7 Å². The SMILES string of the molecule is CCOC(=O)c1c(O)[nH]c2cc3c(nc12)CCCC3. The number of H-pyrrole nitrogens is 1. The van der Waals surface area contributed by atoms with Crippen molar-refractivity contribution in [3.8, 4) is 5.88 Å². The lowest BCUT2D eigenvalue weighted by Crippen LogP contribution is -2.07. The largest absolute Gasteiger partial charge is 0.494 e. The van der Waals surface area contributed by atoms with Gasteiger partial charge in [-0.1, -0.05) is 0 Å². The molecule has 100 valence electrons. The zero-order chi connectivity index (χ0) is 13.4.